The Balaban J connectivity index is 1.75. The van der Waals surface area contributed by atoms with Crippen LogP contribution >= 0.6 is 0 Å². The Morgan fingerprint density at radius 1 is 1.00 bits per heavy atom. The fourth-order valence-corrected chi connectivity index (χ4v) is 3.54. The Morgan fingerprint density at radius 2 is 1.76 bits per heavy atom. The Hall–Kier alpha value is -3.49. The van der Waals surface area contributed by atoms with Crippen molar-refractivity contribution in [3.63, 3.8) is 0 Å². The first-order chi connectivity index (χ1) is 16.4. The van der Waals surface area contributed by atoms with Gasteiger partial charge in [0.2, 0.25) is 0 Å². The van der Waals surface area contributed by atoms with Crippen LogP contribution in [0.2, 0.25) is 0 Å². The van der Waals surface area contributed by atoms with E-state index in [0.29, 0.717) is 0 Å². The van der Waals surface area contributed by atoms with Crippen molar-refractivity contribution in [2.75, 3.05) is 31.1 Å². The summed E-state index contributed by atoms with van der Waals surface area (Å²) in [5.74, 6) is 1.77. The number of halogens is 2. The monoisotopic (exact) mass is 468 g/mol. The van der Waals surface area contributed by atoms with Gasteiger partial charge in [-0.1, -0.05) is 0 Å². The molecule has 0 saturated carbocycles. The second kappa shape index (κ2) is 11.6. The number of pyridine rings is 1. The molecule has 0 aliphatic carbocycles. The van der Waals surface area contributed by atoms with Crippen molar-refractivity contribution in [1.29, 1.82) is 0 Å². The average molecular weight is 468 g/mol. The highest BCUT2D eigenvalue weighted by Crippen LogP contribution is 2.28. The molecule has 0 unspecified atom stereocenters. The maximum absolute atomic E-state index is 14.0. The van der Waals surface area contributed by atoms with E-state index in [1.807, 2.05) is 24.3 Å². The third-order valence-corrected chi connectivity index (χ3v) is 5.43. The summed E-state index contributed by atoms with van der Waals surface area (Å²) < 4.78 is 39.7. The lowest BCUT2D eigenvalue weighted by molar-refractivity contribution is -0.520. The molecule has 0 atom stereocenters. The highest BCUT2D eigenvalue weighted by Gasteiger charge is 2.36. The molecule has 0 radical (unpaired) electrons. The van der Waals surface area contributed by atoms with Crippen LogP contribution in [0.4, 0.5) is 14.4 Å². The summed E-state index contributed by atoms with van der Waals surface area (Å²) in [4.78, 5) is 11.0. The van der Waals surface area contributed by atoms with Gasteiger partial charge in [-0.15, -0.1) is 0 Å². The van der Waals surface area contributed by atoms with Crippen LogP contribution in [0.3, 0.4) is 0 Å². The molecule has 3 heterocycles. The molecule has 0 fully saturated rings. The molecule has 2 aliphatic heterocycles. The fourth-order valence-electron chi connectivity index (χ4n) is 3.54. The SMILES string of the molecule is CCN(CC)c1ccc(/C=C/C2=CC(=C/C=C3/C=CC(=[N+](CC)CC)N=C3)/O[B-](F)(F)O2)cn1. The second-order valence-electron chi connectivity index (χ2n) is 7.63. The molecule has 3 rings (SSSR count). The predicted molar refractivity (Wildman–Crippen MR) is 135 cm³/mol. The first-order valence-corrected chi connectivity index (χ1v) is 11.6. The van der Waals surface area contributed by atoms with Crippen LogP contribution in [0.25, 0.3) is 6.08 Å². The van der Waals surface area contributed by atoms with Crippen LogP contribution in [0.1, 0.15) is 33.3 Å². The van der Waals surface area contributed by atoms with Gasteiger partial charge in [-0.3, -0.25) is 4.58 Å². The van der Waals surface area contributed by atoms with E-state index in [1.54, 1.807) is 24.6 Å². The highest BCUT2D eigenvalue weighted by atomic mass is 19.3. The smallest absolute Gasteiger partial charge is 0.627 e. The molecule has 9 heteroatoms. The standard InChI is InChI=1S/C25H31BF2N4O2/c1-5-31(6-2)24-15-11-20(18-29-24)9-13-22-17-23(34-26(27,28)33-22)14-10-21-12-16-25(30-19-21)32(7-3)8-4/h9-19H,5-8H2,1-4H3. The summed E-state index contributed by atoms with van der Waals surface area (Å²) in [6.45, 7) is 11.7. The fraction of sp³-hybridized carbons (Fsp3) is 0.320. The van der Waals surface area contributed by atoms with Crippen LogP contribution < -0.4 is 4.90 Å². The van der Waals surface area contributed by atoms with Crippen molar-refractivity contribution in [3.8, 4) is 0 Å². The van der Waals surface area contributed by atoms with Crippen molar-refractivity contribution < 1.29 is 22.5 Å². The lowest BCUT2D eigenvalue weighted by atomic mass is 10.1. The number of aliphatic imine (C=N–C) groups is 1. The van der Waals surface area contributed by atoms with Crippen LogP contribution in [-0.4, -0.2) is 54.9 Å². The average Bonchev–Trinajstić information content (AvgIpc) is 2.83. The lowest BCUT2D eigenvalue weighted by Crippen LogP contribution is -2.33. The molecule has 34 heavy (non-hydrogen) atoms. The van der Waals surface area contributed by atoms with Crippen molar-refractivity contribution in [3.05, 3.63) is 77.4 Å². The molecule has 180 valence electrons. The van der Waals surface area contributed by atoms with Gasteiger partial charge in [0.1, 0.15) is 12.0 Å². The number of hydrogen-bond acceptors (Lipinski definition) is 4. The number of hydrogen-bond donors (Lipinski definition) is 0. The third-order valence-electron chi connectivity index (χ3n) is 5.43. The molecule has 0 bridgehead atoms. The third kappa shape index (κ3) is 6.76. The highest BCUT2D eigenvalue weighted by molar-refractivity contribution is 6.53. The van der Waals surface area contributed by atoms with Crippen LogP contribution in [0, 0.1) is 0 Å². The summed E-state index contributed by atoms with van der Waals surface area (Å²) in [7, 11) is -4.46. The maximum Gasteiger partial charge on any atom is 0.725 e. The second-order valence-corrected chi connectivity index (χ2v) is 7.63. The number of anilines is 1. The normalized spacial score (nSPS) is 19.4. The van der Waals surface area contributed by atoms with E-state index >= 15 is 0 Å². The summed E-state index contributed by atoms with van der Waals surface area (Å²) in [5, 5.41) is 0. The Bertz CT molecular complexity index is 1060. The van der Waals surface area contributed by atoms with E-state index in [-0.39, 0.29) is 11.5 Å². The van der Waals surface area contributed by atoms with E-state index < -0.39 is 7.11 Å². The molecule has 1 aromatic heterocycles. The van der Waals surface area contributed by atoms with Crippen molar-refractivity contribution >= 4 is 31.0 Å². The number of nitrogens with zero attached hydrogens (tertiary/aromatic N) is 4. The minimum absolute atomic E-state index is 0.0127. The summed E-state index contributed by atoms with van der Waals surface area (Å²) in [6.07, 6.45) is 15.0. The quantitative estimate of drug-likeness (QED) is 0.391. The first kappa shape index (κ1) is 25.1. The molecule has 6 nitrogen and oxygen atoms in total. The largest absolute Gasteiger partial charge is 0.725 e. The zero-order valence-corrected chi connectivity index (χ0v) is 20.1. The predicted octanol–water partition coefficient (Wildman–Crippen LogP) is 5.15. The molecular weight excluding hydrogens is 437 g/mol. The Labute approximate surface area is 200 Å². The minimum Gasteiger partial charge on any atom is -0.627 e. The van der Waals surface area contributed by atoms with Gasteiger partial charge in [0.15, 0.2) is 0 Å². The topological polar surface area (TPSA) is 50.0 Å². The summed E-state index contributed by atoms with van der Waals surface area (Å²) in [6, 6.07) is 3.80. The Morgan fingerprint density at radius 3 is 2.35 bits per heavy atom. The van der Waals surface area contributed by atoms with E-state index in [0.717, 1.165) is 49.0 Å². The van der Waals surface area contributed by atoms with Crippen molar-refractivity contribution in [1.82, 2.24) is 4.98 Å². The van der Waals surface area contributed by atoms with Gasteiger partial charge < -0.3 is 22.8 Å². The molecule has 0 saturated heterocycles. The lowest BCUT2D eigenvalue weighted by Gasteiger charge is -2.33. The molecule has 0 N–H and O–H groups in total. The van der Waals surface area contributed by atoms with Crippen molar-refractivity contribution in [2.24, 2.45) is 4.99 Å². The van der Waals surface area contributed by atoms with E-state index in [9.17, 15) is 8.63 Å². The zero-order valence-electron chi connectivity index (χ0n) is 20.1. The van der Waals surface area contributed by atoms with Gasteiger partial charge in [0.25, 0.3) is 0 Å². The minimum atomic E-state index is -4.46. The van der Waals surface area contributed by atoms with Gasteiger partial charge >= 0.3 is 12.9 Å². The summed E-state index contributed by atoms with van der Waals surface area (Å²) in [5.41, 5.74) is 1.55. The Kier molecular flexibility index (Phi) is 8.57. The number of aromatic nitrogens is 1. The van der Waals surface area contributed by atoms with Crippen LogP contribution in [0.15, 0.2) is 76.9 Å². The zero-order chi connectivity index (χ0) is 24.6. The van der Waals surface area contributed by atoms with Gasteiger partial charge in [0.05, 0.1) is 24.6 Å². The molecule has 0 amide bonds. The molecule has 0 spiro atoms. The van der Waals surface area contributed by atoms with Gasteiger partial charge in [-0.05, 0) is 80.8 Å². The number of amidine groups is 1. The van der Waals surface area contributed by atoms with E-state index in [4.69, 9.17) is 9.31 Å². The number of allylic oxidation sites excluding steroid dienone is 6. The van der Waals surface area contributed by atoms with Gasteiger partial charge in [-0.2, -0.15) is 0 Å². The van der Waals surface area contributed by atoms with Crippen molar-refractivity contribution in [2.45, 2.75) is 27.7 Å². The maximum atomic E-state index is 14.0. The molecular formula is C25H31BF2N4O2. The number of dihydropyridines is 1. The molecule has 2 aliphatic rings. The van der Waals surface area contributed by atoms with Crippen LogP contribution in [-0.2, 0) is 9.31 Å². The summed E-state index contributed by atoms with van der Waals surface area (Å²) >= 11 is 0. The first-order valence-electron chi connectivity index (χ1n) is 11.6. The number of rotatable bonds is 8. The van der Waals surface area contributed by atoms with E-state index in [1.165, 1.54) is 18.2 Å². The molecule has 0 aromatic carbocycles. The van der Waals surface area contributed by atoms with Gasteiger partial charge in [-0.25, -0.2) is 4.98 Å². The van der Waals surface area contributed by atoms with Gasteiger partial charge in [0, 0.05) is 37.0 Å². The van der Waals surface area contributed by atoms with Crippen LogP contribution in [0.5, 0.6) is 0 Å². The molecule has 1 aromatic rings. The van der Waals surface area contributed by atoms with E-state index in [2.05, 4.69) is 47.1 Å².